The second-order valence-electron chi connectivity index (χ2n) is 11.1. The largest absolute Gasteiger partial charge is 0.455 e. The van der Waals surface area contributed by atoms with Gasteiger partial charge in [0.2, 0.25) is 0 Å². The van der Waals surface area contributed by atoms with Gasteiger partial charge in [0.1, 0.15) is 0 Å². The molecule has 0 spiro atoms. The summed E-state index contributed by atoms with van der Waals surface area (Å²) in [7, 11) is -5.20. The van der Waals surface area contributed by atoms with Gasteiger partial charge < -0.3 is 8.54 Å². The average molecular weight is 489 g/mol. The molecule has 0 radical (unpaired) electrons. The lowest BCUT2D eigenvalue weighted by atomic mass is 9.95. The number of unbranched alkanes of at least 4 members (excludes halogenated alkanes) is 2. The maximum Gasteiger partial charge on any atom is 0.191 e. The Bertz CT molecular complexity index is 471. The van der Waals surface area contributed by atoms with Crippen molar-refractivity contribution in [2.24, 2.45) is 0 Å². The van der Waals surface area contributed by atoms with Crippen molar-refractivity contribution in [3.63, 3.8) is 0 Å². The molecule has 0 N–H and O–H groups in total. The van der Waals surface area contributed by atoms with Gasteiger partial charge in [-0.3, -0.25) is 0 Å². The third-order valence-electron chi connectivity index (χ3n) is 8.90. The van der Waals surface area contributed by atoms with Gasteiger partial charge in [-0.1, -0.05) is 99.8 Å². The van der Waals surface area contributed by atoms with E-state index < -0.39 is 25.7 Å². The Morgan fingerprint density at radius 2 is 1.29 bits per heavy atom. The summed E-state index contributed by atoms with van der Waals surface area (Å²) in [6.45, 7) is 29.0. The van der Waals surface area contributed by atoms with Crippen molar-refractivity contribution in [3.8, 4) is 0 Å². The molecule has 2 unspecified atom stereocenters. The van der Waals surface area contributed by atoms with Crippen LogP contribution in [0.2, 0.25) is 43.3 Å². The molecule has 0 aliphatic carbocycles. The lowest BCUT2D eigenvalue weighted by Crippen LogP contribution is -2.59. The van der Waals surface area contributed by atoms with E-state index in [0.717, 1.165) is 18.4 Å². The van der Waals surface area contributed by atoms with Gasteiger partial charge in [-0.05, 0) is 62.6 Å². The molecule has 0 aliphatic heterocycles. The van der Waals surface area contributed by atoms with Crippen molar-refractivity contribution >= 4 is 25.7 Å². The first kappa shape index (κ1) is 31.6. The molecule has 0 bridgehead atoms. The zero-order valence-electron chi connectivity index (χ0n) is 23.7. The highest BCUT2D eigenvalue weighted by Gasteiger charge is 2.50. The van der Waals surface area contributed by atoms with Crippen molar-refractivity contribution < 1.29 is 8.54 Å². The van der Waals surface area contributed by atoms with Crippen LogP contribution in [-0.4, -0.2) is 30.9 Å². The van der Waals surface area contributed by atoms with E-state index >= 15 is 0 Å². The molecule has 0 aromatic carbocycles. The molecule has 0 heterocycles. The number of rotatable bonds is 18. The minimum Gasteiger partial charge on any atom is -0.455 e. The van der Waals surface area contributed by atoms with Gasteiger partial charge in [-0.2, -0.15) is 0 Å². The Hall–Kier alpha value is 0.571. The molecule has 0 amide bonds. The summed E-state index contributed by atoms with van der Waals surface area (Å²) in [6, 6.07) is 0. The van der Waals surface area contributed by atoms with Crippen LogP contribution in [0.15, 0.2) is 0 Å². The van der Waals surface area contributed by atoms with Gasteiger partial charge in [-0.25, -0.2) is 0 Å². The molecular formula is C26H60O2Si3. The third kappa shape index (κ3) is 8.08. The van der Waals surface area contributed by atoms with E-state index in [1.807, 2.05) is 0 Å². The average Bonchev–Trinajstić information content (AvgIpc) is 2.72. The first-order valence-corrected chi connectivity index (χ1v) is 21.9. The van der Waals surface area contributed by atoms with Gasteiger partial charge >= 0.3 is 0 Å². The first-order chi connectivity index (χ1) is 14.4. The highest BCUT2D eigenvalue weighted by Crippen LogP contribution is 2.50. The lowest BCUT2D eigenvalue weighted by molar-refractivity contribution is 0.110. The Balaban J connectivity index is 5.82. The van der Waals surface area contributed by atoms with E-state index in [2.05, 4.69) is 81.2 Å². The summed E-state index contributed by atoms with van der Waals surface area (Å²) in [6.07, 6.45) is 13.9. The van der Waals surface area contributed by atoms with Crippen molar-refractivity contribution in [1.29, 1.82) is 0 Å². The quantitative estimate of drug-likeness (QED) is 0.179. The first-order valence-electron chi connectivity index (χ1n) is 13.8. The van der Waals surface area contributed by atoms with Crippen LogP contribution in [0.4, 0.5) is 0 Å². The molecule has 0 rings (SSSR count). The molecule has 2 nitrogen and oxygen atoms in total. The van der Waals surface area contributed by atoms with Crippen molar-refractivity contribution in [1.82, 2.24) is 0 Å². The van der Waals surface area contributed by atoms with Crippen LogP contribution in [-0.2, 0) is 8.54 Å². The van der Waals surface area contributed by atoms with E-state index in [1.165, 1.54) is 57.8 Å². The molecule has 31 heavy (non-hydrogen) atoms. The van der Waals surface area contributed by atoms with Crippen LogP contribution < -0.4 is 0 Å². The zero-order valence-corrected chi connectivity index (χ0v) is 26.9. The SMILES string of the molecule is CCCCC(CC)[Si](C)(C)OC(CC)(CC)[SiH](C)O[Si](C)(C)C(CC)(CC)CCCC. The molecule has 2 atom stereocenters. The summed E-state index contributed by atoms with van der Waals surface area (Å²) < 4.78 is 14.7. The van der Waals surface area contributed by atoms with Gasteiger partial charge in [0.15, 0.2) is 25.7 Å². The number of hydrogen-bond donors (Lipinski definition) is 0. The standard InChI is InChI=1S/C26H60O2Si3/c1-13-20-22-24(15-3)30(9,10)27-26(18-6,19-7)29(8)28-31(11,12)25(16-4,17-5)23-21-14-2/h24,29H,13-23H2,1-12H3. The molecule has 0 aromatic heterocycles. The van der Waals surface area contributed by atoms with E-state index in [-0.39, 0.29) is 5.22 Å². The zero-order chi connectivity index (χ0) is 24.3. The lowest BCUT2D eigenvalue weighted by Gasteiger charge is -2.51. The maximum absolute atomic E-state index is 7.34. The van der Waals surface area contributed by atoms with E-state index in [9.17, 15) is 0 Å². The Morgan fingerprint density at radius 1 is 0.774 bits per heavy atom. The minimum atomic E-state index is -1.86. The fourth-order valence-corrected chi connectivity index (χ4v) is 20.1. The van der Waals surface area contributed by atoms with Crippen LogP contribution in [0.3, 0.4) is 0 Å². The minimum absolute atomic E-state index is 0.0163. The molecular weight excluding hydrogens is 429 g/mol. The smallest absolute Gasteiger partial charge is 0.191 e. The molecule has 0 saturated carbocycles. The van der Waals surface area contributed by atoms with Crippen LogP contribution >= 0.6 is 0 Å². The molecule has 5 heteroatoms. The molecule has 0 fully saturated rings. The van der Waals surface area contributed by atoms with E-state index in [0.29, 0.717) is 5.04 Å². The normalized spacial score (nSPS) is 15.9. The summed E-state index contributed by atoms with van der Waals surface area (Å²) >= 11 is 0. The summed E-state index contributed by atoms with van der Waals surface area (Å²) in [4.78, 5) is 0. The fourth-order valence-electron chi connectivity index (χ4n) is 6.10. The van der Waals surface area contributed by atoms with E-state index in [1.54, 1.807) is 0 Å². The van der Waals surface area contributed by atoms with Gasteiger partial charge in [0.05, 0.1) is 5.22 Å². The molecule has 0 saturated heterocycles. The van der Waals surface area contributed by atoms with Crippen LogP contribution in [0.5, 0.6) is 0 Å². The van der Waals surface area contributed by atoms with Crippen LogP contribution in [0.1, 0.15) is 119 Å². The maximum atomic E-state index is 7.34. The molecule has 0 aliphatic rings. The predicted molar refractivity (Wildman–Crippen MR) is 150 cm³/mol. The fraction of sp³-hybridized carbons (Fsp3) is 1.00. The van der Waals surface area contributed by atoms with Crippen molar-refractivity contribution in [2.75, 3.05) is 0 Å². The summed E-state index contributed by atoms with van der Waals surface area (Å²) in [5.41, 5.74) is 0.756. The second kappa shape index (κ2) is 14.1. The van der Waals surface area contributed by atoms with Crippen LogP contribution in [0, 0.1) is 0 Å². The summed E-state index contributed by atoms with van der Waals surface area (Å²) in [5.74, 6) is 0. The predicted octanol–water partition coefficient (Wildman–Crippen LogP) is 9.60. The van der Waals surface area contributed by atoms with Crippen molar-refractivity contribution in [2.45, 2.75) is 168 Å². The highest BCUT2D eigenvalue weighted by atomic mass is 28.4. The number of hydrogen-bond acceptors (Lipinski definition) is 2. The monoisotopic (exact) mass is 488 g/mol. The van der Waals surface area contributed by atoms with Gasteiger partial charge in [-0.15, -0.1) is 0 Å². The van der Waals surface area contributed by atoms with Crippen molar-refractivity contribution in [3.05, 3.63) is 0 Å². The Morgan fingerprint density at radius 3 is 1.68 bits per heavy atom. The topological polar surface area (TPSA) is 18.5 Å². The van der Waals surface area contributed by atoms with Gasteiger partial charge in [0, 0.05) is 0 Å². The van der Waals surface area contributed by atoms with Crippen LogP contribution in [0.25, 0.3) is 0 Å². The third-order valence-corrected chi connectivity index (χ3v) is 22.4. The van der Waals surface area contributed by atoms with Gasteiger partial charge in [0.25, 0.3) is 0 Å². The highest BCUT2D eigenvalue weighted by molar-refractivity contribution is 6.81. The molecule has 0 aromatic rings. The Labute approximate surface area is 201 Å². The second-order valence-corrected chi connectivity index (χ2v) is 22.7. The summed E-state index contributed by atoms with van der Waals surface area (Å²) in [5, 5.41) is 0.384. The molecule has 188 valence electrons. The Kier molecular flexibility index (Phi) is 14.3. The van der Waals surface area contributed by atoms with E-state index in [4.69, 9.17) is 8.54 Å².